The molecule has 26 heavy (non-hydrogen) atoms. The number of rotatable bonds is 5. The molecule has 0 saturated heterocycles. The van der Waals surface area contributed by atoms with Crippen LogP contribution in [0, 0.1) is 0 Å². The molecule has 6 nitrogen and oxygen atoms in total. The summed E-state index contributed by atoms with van der Waals surface area (Å²) < 4.78 is 37.5. The number of thioether (sulfide) groups is 1. The molecule has 0 amide bonds. The predicted octanol–water partition coefficient (Wildman–Crippen LogP) is 4.18. The number of aromatic nitrogens is 3. The number of benzene rings is 1. The SMILES string of the molecule is CSC(=O)c1ccc(Nc2nc(NCC(F)(F)F)c3cc[nH]c3n2)cc1. The van der Waals surface area contributed by atoms with Crippen LogP contribution in [0.3, 0.4) is 0 Å². The number of fused-ring (bicyclic) bond motifs is 1. The lowest BCUT2D eigenvalue weighted by Crippen LogP contribution is -2.22. The summed E-state index contributed by atoms with van der Waals surface area (Å²) in [7, 11) is 0. The molecule has 136 valence electrons. The van der Waals surface area contributed by atoms with Gasteiger partial charge < -0.3 is 15.6 Å². The number of aromatic amines is 1. The number of alkyl halides is 3. The number of halogens is 3. The van der Waals surface area contributed by atoms with Gasteiger partial charge in [0.15, 0.2) is 0 Å². The topological polar surface area (TPSA) is 82.7 Å². The van der Waals surface area contributed by atoms with E-state index in [1.54, 1.807) is 42.8 Å². The first kappa shape index (κ1) is 18.1. The summed E-state index contributed by atoms with van der Waals surface area (Å²) >= 11 is 1.11. The van der Waals surface area contributed by atoms with Crippen molar-refractivity contribution in [3.05, 3.63) is 42.1 Å². The van der Waals surface area contributed by atoms with Gasteiger partial charge in [-0.25, -0.2) is 0 Å². The summed E-state index contributed by atoms with van der Waals surface area (Å²) in [6, 6.07) is 8.25. The van der Waals surface area contributed by atoms with Gasteiger partial charge in [0, 0.05) is 17.4 Å². The van der Waals surface area contributed by atoms with E-state index >= 15 is 0 Å². The Morgan fingerprint density at radius 3 is 2.58 bits per heavy atom. The van der Waals surface area contributed by atoms with Crippen molar-refractivity contribution < 1.29 is 18.0 Å². The average molecular weight is 381 g/mol. The van der Waals surface area contributed by atoms with Crippen LogP contribution >= 0.6 is 11.8 Å². The maximum atomic E-state index is 12.5. The van der Waals surface area contributed by atoms with E-state index in [1.807, 2.05) is 0 Å². The van der Waals surface area contributed by atoms with Crippen molar-refractivity contribution >= 4 is 45.4 Å². The molecule has 0 spiro atoms. The quantitative estimate of drug-likeness (QED) is 0.615. The average Bonchev–Trinajstić information content (AvgIpc) is 3.07. The molecule has 3 rings (SSSR count). The van der Waals surface area contributed by atoms with Crippen LogP contribution in [0.25, 0.3) is 11.0 Å². The van der Waals surface area contributed by atoms with Crippen molar-refractivity contribution in [3.8, 4) is 0 Å². The predicted molar refractivity (Wildman–Crippen MR) is 96.0 cm³/mol. The zero-order chi connectivity index (χ0) is 18.7. The minimum absolute atomic E-state index is 0.0563. The maximum absolute atomic E-state index is 12.5. The van der Waals surface area contributed by atoms with Crippen molar-refractivity contribution in [1.29, 1.82) is 0 Å². The van der Waals surface area contributed by atoms with Gasteiger partial charge in [-0.3, -0.25) is 4.79 Å². The summed E-state index contributed by atoms with van der Waals surface area (Å²) in [6.45, 7) is -1.20. The number of nitrogens with one attached hydrogen (secondary N) is 3. The minimum Gasteiger partial charge on any atom is -0.360 e. The van der Waals surface area contributed by atoms with E-state index in [0.29, 0.717) is 22.3 Å². The van der Waals surface area contributed by atoms with Gasteiger partial charge >= 0.3 is 6.18 Å². The van der Waals surface area contributed by atoms with Crippen LogP contribution in [0.15, 0.2) is 36.5 Å². The Hall–Kier alpha value is -2.75. The normalized spacial score (nSPS) is 11.5. The first-order valence-electron chi connectivity index (χ1n) is 7.47. The zero-order valence-electron chi connectivity index (χ0n) is 13.5. The Balaban J connectivity index is 1.84. The molecule has 0 bridgehead atoms. The third-order valence-electron chi connectivity index (χ3n) is 3.43. The lowest BCUT2D eigenvalue weighted by molar-refractivity contribution is -0.115. The molecule has 0 aliphatic carbocycles. The first-order valence-corrected chi connectivity index (χ1v) is 8.69. The Morgan fingerprint density at radius 1 is 1.19 bits per heavy atom. The first-order chi connectivity index (χ1) is 12.4. The van der Waals surface area contributed by atoms with Crippen molar-refractivity contribution in [2.45, 2.75) is 6.18 Å². The fraction of sp³-hybridized carbons (Fsp3) is 0.188. The van der Waals surface area contributed by atoms with Crippen molar-refractivity contribution in [1.82, 2.24) is 15.0 Å². The summed E-state index contributed by atoms with van der Waals surface area (Å²) in [6.07, 6.45) is -1.09. The Labute approximate surface area is 150 Å². The fourth-order valence-corrected chi connectivity index (χ4v) is 2.62. The molecule has 0 saturated carbocycles. The number of carbonyl (C=O) groups is 1. The molecule has 3 N–H and O–H groups in total. The standard InChI is InChI=1S/C16H14F3N5OS/c1-26-14(25)9-2-4-10(5-3-9)22-15-23-12-11(6-7-20-12)13(24-15)21-8-16(17,18)19/h2-7H,8H2,1H3,(H3,20,21,22,23,24). The second-order valence-electron chi connectivity index (χ2n) is 5.30. The molecule has 3 aromatic rings. The van der Waals surface area contributed by atoms with Gasteiger partial charge in [0.25, 0.3) is 0 Å². The third kappa shape index (κ3) is 4.26. The number of hydrogen-bond donors (Lipinski definition) is 3. The smallest absolute Gasteiger partial charge is 0.360 e. The van der Waals surface area contributed by atoms with Crippen molar-refractivity contribution in [3.63, 3.8) is 0 Å². The van der Waals surface area contributed by atoms with E-state index in [9.17, 15) is 18.0 Å². The van der Waals surface area contributed by atoms with Crippen LogP contribution in [0.2, 0.25) is 0 Å². The summed E-state index contributed by atoms with van der Waals surface area (Å²) in [5.41, 5.74) is 1.56. The largest absolute Gasteiger partial charge is 0.405 e. The Morgan fingerprint density at radius 2 is 1.92 bits per heavy atom. The summed E-state index contributed by atoms with van der Waals surface area (Å²) in [5.74, 6) is 0.207. The molecule has 0 fully saturated rings. The van der Waals surface area contributed by atoms with E-state index in [4.69, 9.17) is 0 Å². The highest BCUT2D eigenvalue weighted by molar-refractivity contribution is 8.13. The number of carbonyl (C=O) groups excluding carboxylic acids is 1. The molecule has 0 aliphatic heterocycles. The van der Waals surface area contributed by atoms with Gasteiger partial charge in [0.2, 0.25) is 11.1 Å². The molecule has 10 heteroatoms. The van der Waals surface area contributed by atoms with Crippen LogP contribution < -0.4 is 10.6 Å². The van der Waals surface area contributed by atoms with Gasteiger partial charge in [-0.1, -0.05) is 11.8 Å². The van der Waals surface area contributed by atoms with Crippen LogP contribution in [-0.2, 0) is 0 Å². The molecular formula is C16H14F3N5OS. The number of H-pyrrole nitrogens is 1. The maximum Gasteiger partial charge on any atom is 0.405 e. The fourth-order valence-electron chi connectivity index (χ4n) is 2.25. The van der Waals surface area contributed by atoms with E-state index in [2.05, 4.69) is 25.6 Å². The van der Waals surface area contributed by atoms with Gasteiger partial charge in [-0.15, -0.1) is 0 Å². The van der Waals surface area contributed by atoms with Crippen LogP contribution in [0.5, 0.6) is 0 Å². The highest BCUT2D eigenvalue weighted by atomic mass is 32.2. The summed E-state index contributed by atoms with van der Waals surface area (Å²) in [4.78, 5) is 22.8. The van der Waals surface area contributed by atoms with E-state index < -0.39 is 12.7 Å². The zero-order valence-corrected chi connectivity index (χ0v) is 14.3. The monoisotopic (exact) mass is 381 g/mol. The highest BCUT2D eigenvalue weighted by Crippen LogP contribution is 2.25. The Kier molecular flexibility index (Phi) is 5.03. The molecular weight excluding hydrogens is 367 g/mol. The molecule has 0 atom stereocenters. The summed E-state index contributed by atoms with van der Waals surface area (Å²) in [5, 5.41) is 5.62. The lowest BCUT2D eigenvalue weighted by Gasteiger charge is -2.12. The molecule has 1 aromatic carbocycles. The minimum atomic E-state index is -4.36. The van der Waals surface area contributed by atoms with Crippen LogP contribution in [0.1, 0.15) is 10.4 Å². The molecule has 2 aromatic heterocycles. The molecule has 0 unspecified atom stereocenters. The van der Waals surface area contributed by atoms with E-state index in [-0.39, 0.29) is 16.9 Å². The van der Waals surface area contributed by atoms with Crippen LogP contribution in [0.4, 0.5) is 30.6 Å². The lowest BCUT2D eigenvalue weighted by atomic mass is 10.2. The number of nitrogens with zero attached hydrogens (tertiary/aromatic N) is 2. The Bertz CT molecular complexity index is 924. The second-order valence-corrected chi connectivity index (χ2v) is 6.08. The van der Waals surface area contributed by atoms with Gasteiger partial charge in [0.05, 0.1) is 5.39 Å². The van der Waals surface area contributed by atoms with Gasteiger partial charge in [-0.05, 0) is 36.6 Å². The molecule has 2 heterocycles. The van der Waals surface area contributed by atoms with Crippen molar-refractivity contribution in [2.75, 3.05) is 23.4 Å². The second kappa shape index (κ2) is 7.24. The molecule has 0 aliphatic rings. The molecule has 0 radical (unpaired) electrons. The van der Waals surface area contributed by atoms with Gasteiger partial charge in [0.1, 0.15) is 18.0 Å². The number of hydrogen-bond acceptors (Lipinski definition) is 6. The van der Waals surface area contributed by atoms with Gasteiger partial charge in [-0.2, -0.15) is 23.1 Å². The third-order valence-corrected chi connectivity index (χ3v) is 4.04. The van der Waals surface area contributed by atoms with Crippen molar-refractivity contribution in [2.24, 2.45) is 0 Å². The number of anilines is 3. The van der Waals surface area contributed by atoms with Crippen LogP contribution in [-0.4, -0.2) is 39.0 Å². The van der Waals surface area contributed by atoms with E-state index in [1.165, 1.54) is 0 Å². The van der Waals surface area contributed by atoms with E-state index in [0.717, 1.165) is 11.8 Å². The highest BCUT2D eigenvalue weighted by Gasteiger charge is 2.27.